The van der Waals surface area contributed by atoms with E-state index >= 15 is 0 Å². The number of nitrogens with zero attached hydrogens (tertiary/aromatic N) is 2. The Labute approximate surface area is 311 Å². The van der Waals surface area contributed by atoms with Gasteiger partial charge in [0.05, 0.1) is 47.3 Å². The molecule has 0 saturated carbocycles. The number of sulfonamides is 1. The first kappa shape index (κ1) is 38.1. The van der Waals surface area contributed by atoms with Crippen molar-refractivity contribution in [2.24, 2.45) is 11.8 Å². The molecule has 14 nitrogen and oxygen atoms in total. The molecule has 0 unspecified atom stereocenters. The molecule has 6 rings (SSSR count). The summed E-state index contributed by atoms with van der Waals surface area (Å²) in [4.78, 5) is 30.7. The van der Waals surface area contributed by atoms with Crippen LogP contribution in [0.5, 0.6) is 17.2 Å². The van der Waals surface area contributed by atoms with E-state index in [1.807, 2.05) is 38.3 Å². The molecule has 2 saturated heterocycles. The lowest BCUT2D eigenvalue weighted by atomic mass is 10.0. The van der Waals surface area contributed by atoms with Crippen molar-refractivity contribution in [3.63, 3.8) is 0 Å². The molecular weight excluding hydrogens is 738 g/mol. The van der Waals surface area contributed by atoms with Gasteiger partial charge in [0, 0.05) is 18.0 Å². The van der Waals surface area contributed by atoms with Crippen LogP contribution in [-0.2, 0) is 46.8 Å². The van der Waals surface area contributed by atoms with Crippen LogP contribution in [0.3, 0.4) is 0 Å². The van der Waals surface area contributed by atoms with Crippen molar-refractivity contribution in [2.75, 3.05) is 39.0 Å². The van der Waals surface area contributed by atoms with Crippen molar-refractivity contribution in [3.05, 3.63) is 64.1 Å². The molecular formula is C35H42ClN3O11S2. The third kappa shape index (κ3) is 9.46. The molecule has 1 aromatic heterocycles. The van der Waals surface area contributed by atoms with Gasteiger partial charge in [-0.15, -0.1) is 22.9 Å². The summed E-state index contributed by atoms with van der Waals surface area (Å²) in [5.41, 5.74) is 1.57. The number of ether oxygens (including phenoxy) is 7. The molecule has 1 amide bonds. The summed E-state index contributed by atoms with van der Waals surface area (Å²) >= 11 is 7.44. The number of nitrogens with one attached hydrogen (secondary N) is 1. The van der Waals surface area contributed by atoms with E-state index in [9.17, 15) is 18.0 Å². The van der Waals surface area contributed by atoms with Gasteiger partial charge < -0.3 is 38.5 Å². The fourth-order valence-electron chi connectivity index (χ4n) is 6.27. The Morgan fingerprint density at radius 1 is 1.10 bits per heavy atom. The fraction of sp³-hybridized carbons (Fsp3) is 0.514. The minimum Gasteiger partial charge on any atom is -0.487 e. The Bertz CT molecular complexity index is 1810. The lowest BCUT2D eigenvalue weighted by molar-refractivity contribution is -0.148. The Balaban J connectivity index is 1.26. The highest BCUT2D eigenvalue weighted by Crippen LogP contribution is 2.35. The molecule has 3 aliphatic rings. The second-order valence-electron chi connectivity index (χ2n) is 13.1. The molecule has 4 heterocycles. The minimum atomic E-state index is -4.17. The highest BCUT2D eigenvalue weighted by molar-refractivity contribution is 7.89. The SMILES string of the molecule is Cc1nc(COc2ccc(C[C@H](NC(=O)O[C@H]3CO[C@H]4OCC[C@H]43)[C@@H](CN(CC(C)C)S(=O)(=O)c3ccc4c(c3)OCO4)OC(=O)CCl)cc2)cs1. The maximum absolute atomic E-state index is 14.2. The Kier molecular flexibility index (Phi) is 12.4. The molecule has 5 atom stereocenters. The lowest BCUT2D eigenvalue weighted by Gasteiger charge is -2.33. The van der Waals surface area contributed by atoms with Crippen LogP contribution in [0.25, 0.3) is 0 Å². The first-order chi connectivity index (χ1) is 25.0. The number of aryl methyl sites for hydroxylation is 1. The number of alkyl halides is 1. The van der Waals surface area contributed by atoms with Crippen molar-refractivity contribution in [2.45, 2.75) is 69.7 Å². The molecule has 282 valence electrons. The summed E-state index contributed by atoms with van der Waals surface area (Å²) in [6.07, 6.45) is -2.12. The van der Waals surface area contributed by atoms with Crippen LogP contribution in [0.15, 0.2) is 52.7 Å². The smallest absolute Gasteiger partial charge is 0.407 e. The van der Waals surface area contributed by atoms with Gasteiger partial charge in [0.2, 0.25) is 16.8 Å². The van der Waals surface area contributed by atoms with Gasteiger partial charge in [-0.05, 0) is 55.5 Å². The van der Waals surface area contributed by atoms with E-state index in [-0.39, 0.29) is 49.6 Å². The maximum Gasteiger partial charge on any atom is 0.407 e. The summed E-state index contributed by atoms with van der Waals surface area (Å²) < 4.78 is 69.2. The number of carbonyl (C=O) groups is 2. The van der Waals surface area contributed by atoms with E-state index in [0.29, 0.717) is 36.9 Å². The summed E-state index contributed by atoms with van der Waals surface area (Å²) in [5, 5.41) is 5.76. The second-order valence-corrected chi connectivity index (χ2v) is 16.4. The number of alkyl carbamates (subject to hydrolysis) is 1. The van der Waals surface area contributed by atoms with Gasteiger partial charge in [-0.2, -0.15) is 4.31 Å². The van der Waals surface area contributed by atoms with Crippen LogP contribution < -0.4 is 19.5 Å². The molecule has 0 spiro atoms. The number of carbonyl (C=O) groups excluding carboxylic acids is 2. The van der Waals surface area contributed by atoms with E-state index in [0.717, 1.165) is 16.3 Å². The molecule has 3 aromatic rings. The molecule has 17 heteroatoms. The molecule has 2 fully saturated rings. The van der Waals surface area contributed by atoms with Gasteiger partial charge in [-0.25, -0.2) is 18.2 Å². The first-order valence-electron chi connectivity index (χ1n) is 17.0. The van der Waals surface area contributed by atoms with E-state index in [4.69, 9.17) is 44.8 Å². The Morgan fingerprint density at radius 2 is 1.88 bits per heavy atom. The number of fused-ring (bicyclic) bond motifs is 2. The van der Waals surface area contributed by atoms with Crippen molar-refractivity contribution in [3.8, 4) is 17.2 Å². The van der Waals surface area contributed by atoms with E-state index < -0.39 is 52.5 Å². The lowest BCUT2D eigenvalue weighted by Crippen LogP contribution is -2.53. The number of esters is 1. The highest BCUT2D eigenvalue weighted by Gasteiger charge is 2.44. The van der Waals surface area contributed by atoms with Crippen molar-refractivity contribution >= 4 is 45.0 Å². The molecule has 1 N–H and O–H groups in total. The van der Waals surface area contributed by atoms with Crippen LogP contribution in [0.4, 0.5) is 4.79 Å². The van der Waals surface area contributed by atoms with Crippen LogP contribution in [-0.4, -0.2) is 93.3 Å². The molecule has 0 bridgehead atoms. The fourth-order valence-corrected chi connectivity index (χ4v) is 8.56. The quantitative estimate of drug-likeness (QED) is 0.159. The van der Waals surface area contributed by atoms with Gasteiger partial charge >= 0.3 is 12.1 Å². The number of amides is 1. The predicted molar refractivity (Wildman–Crippen MR) is 189 cm³/mol. The molecule has 2 aromatic carbocycles. The molecule has 0 aliphatic carbocycles. The highest BCUT2D eigenvalue weighted by atomic mass is 35.5. The van der Waals surface area contributed by atoms with Gasteiger partial charge in [-0.1, -0.05) is 26.0 Å². The number of hydrogen-bond acceptors (Lipinski definition) is 13. The van der Waals surface area contributed by atoms with Crippen LogP contribution in [0.2, 0.25) is 0 Å². The topological polar surface area (TPSA) is 161 Å². The predicted octanol–water partition coefficient (Wildman–Crippen LogP) is 4.66. The average Bonchev–Trinajstić information content (AvgIpc) is 3.93. The third-order valence-electron chi connectivity index (χ3n) is 8.75. The van der Waals surface area contributed by atoms with Crippen LogP contribution >= 0.6 is 22.9 Å². The summed E-state index contributed by atoms with van der Waals surface area (Å²) in [6, 6.07) is 10.6. The number of thiazole rings is 1. The normalized spacial score (nSPS) is 20.5. The maximum atomic E-state index is 14.2. The molecule has 0 radical (unpaired) electrons. The number of benzene rings is 2. The Morgan fingerprint density at radius 3 is 2.62 bits per heavy atom. The standard InChI is InChI=1S/C35H42ClN3O11S2/c1-21(2)15-39(52(42,43)26-8-9-29-30(13-26)48-20-47-29)16-31(49-33(40)14-36)28(38-35(41)50-32-18-46-34-27(32)10-11-44-34)12-23-4-6-25(7-5-23)45-17-24-19-51-22(3)37-24/h4-9,13,19,21,27-28,31-32,34H,10-12,14-18,20H2,1-3H3,(H,38,41)/t27-,28-,31+,32-,34+/m0/s1. The zero-order valence-corrected chi connectivity index (χ0v) is 31.4. The third-order valence-corrected chi connectivity index (χ3v) is 11.6. The van der Waals surface area contributed by atoms with Crippen molar-refractivity contribution in [1.82, 2.24) is 14.6 Å². The average molecular weight is 780 g/mol. The van der Waals surface area contributed by atoms with Gasteiger partial charge in [0.15, 0.2) is 17.8 Å². The number of hydrogen-bond donors (Lipinski definition) is 1. The summed E-state index contributed by atoms with van der Waals surface area (Å²) in [6.45, 7) is 6.41. The van der Waals surface area contributed by atoms with Crippen molar-refractivity contribution in [1.29, 1.82) is 0 Å². The zero-order valence-electron chi connectivity index (χ0n) is 29.0. The summed E-state index contributed by atoms with van der Waals surface area (Å²) in [7, 11) is -4.17. The van der Waals surface area contributed by atoms with Crippen LogP contribution in [0.1, 0.15) is 36.5 Å². The number of rotatable bonds is 16. The van der Waals surface area contributed by atoms with Gasteiger partial charge in [0.1, 0.15) is 30.4 Å². The zero-order chi connectivity index (χ0) is 36.8. The van der Waals surface area contributed by atoms with Gasteiger partial charge in [0.25, 0.3) is 0 Å². The van der Waals surface area contributed by atoms with Crippen molar-refractivity contribution < 1.29 is 51.2 Å². The number of aromatic nitrogens is 1. The van der Waals surface area contributed by atoms with E-state index in [1.165, 1.54) is 22.5 Å². The summed E-state index contributed by atoms with van der Waals surface area (Å²) in [5.74, 6) is -0.150. The Hall–Kier alpha value is -3.67. The van der Waals surface area contributed by atoms with E-state index in [1.54, 1.807) is 23.5 Å². The minimum absolute atomic E-state index is 0.0194. The van der Waals surface area contributed by atoms with Gasteiger partial charge in [-0.3, -0.25) is 4.79 Å². The molecule has 3 aliphatic heterocycles. The largest absolute Gasteiger partial charge is 0.487 e. The first-order valence-corrected chi connectivity index (χ1v) is 19.8. The number of halogens is 1. The van der Waals surface area contributed by atoms with Crippen LogP contribution in [0, 0.1) is 18.8 Å². The molecule has 52 heavy (non-hydrogen) atoms. The second kappa shape index (κ2) is 17.0. The van der Waals surface area contributed by atoms with E-state index in [2.05, 4.69) is 10.3 Å². The monoisotopic (exact) mass is 779 g/mol.